The number of carboxylic acids is 1. The summed E-state index contributed by atoms with van der Waals surface area (Å²) in [5.74, 6) is -1.01. The zero-order valence-electron chi connectivity index (χ0n) is 17.0. The van der Waals surface area contributed by atoms with Crippen molar-refractivity contribution in [3.8, 4) is 5.75 Å². The molecule has 3 rings (SSSR count). The number of nitrogens with one attached hydrogen (secondary N) is 1. The third-order valence-electron chi connectivity index (χ3n) is 5.29. The van der Waals surface area contributed by atoms with E-state index in [9.17, 15) is 19.5 Å². The van der Waals surface area contributed by atoms with Gasteiger partial charge in [0, 0.05) is 16.5 Å². The lowest BCUT2D eigenvalue weighted by molar-refractivity contribution is -0.142. The van der Waals surface area contributed by atoms with Crippen molar-refractivity contribution >= 4 is 22.8 Å². The van der Waals surface area contributed by atoms with Gasteiger partial charge in [0.25, 0.3) is 5.91 Å². The number of carboxylic acid groups (broad SMARTS) is 1. The van der Waals surface area contributed by atoms with Crippen LogP contribution in [0, 0.1) is 12.8 Å². The van der Waals surface area contributed by atoms with Crippen molar-refractivity contribution < 1.29 is 23.8 Å². The Labute approximate surface area is 169 Å². The average Bonchev–Trinajstić information content (AvgIpc) is 2.67. The maximum atomic E-state index is 12.4. The lowest BCUT2D eigenvalue weighted by Gasteiger charge is -2.18. The van der Waals surface area contributed by atoms with Gasteiger partial charge in [0.15, 0.2) is 6.61 Å². The Kier molecular flexibility index (Phi) is 6.25. The maximum Gasteiger partial charge on any atom is 0.339 e. The Morgan fingerprint density at radius 3 is 2.55 bits per heavy atom. The van der Waals surface area contributed by atoms with E-state index < -0.39 is 17.9 Å². The van der Waals surface area contributed by atoms with Gasteiger partial charge in [0.2, 0.25) is 0 Å². The number of amides is 1. The van der Waals surface area contributed by atoms with Gasteiger partial charge in [-0.15, -0.1) is 0 Å². The van der Waals surface area contributed by atoms with E-state index in [2.05, 4.69) is 5.32 Å². The van der Waals surface area contributed by atoms with E-state index in [1.165, 1.54) is 0 Å². The summed E-state index contributed by atoms with van der Waals surface area (Å²) in [6.45, 7) is 5.25. The molecule has 0 saturated carbocycles. The van der Waals surface area contributed by atoms with E-state index in [1.807, 2.05) is 19.9 Å². The number of hydrogen-bond acceptors (Lipinski definition) is 5. The van der Waals surface area contributed by atoms with Crippen LogP contribution in [0.25, 0.3) is 11.0 Å². The predicted octanol–water partition coefficient (Wildman–Crippen LogP) is 2.97. The summed E-state index contributed by atoms with van der Waals surface area (Å²) in [5, 5.41) is 12.6. The third-order valence-corrected chi connectivity index (χ3v) is 5.29. The predicted molar refractivity (Wildman–Crippen MR) is 108 cm³/mol. The number of carbonyl (C=O) groups is 2. The summed E-state index contributed by atoms with van der Waals surface area (Å²) in [5.41, 5.74) is 2.65. The number of aryl methyl sites for hydroxylation is 2. The first kappa shape index (κ1) is 20.9. The van der Waals surface area contributed by atoms with Crippen molar-refractivity contribution in [3.05, 3.63) is 39.2 Å². The Morgan fingerprint density at radius 1 is 1.21 bits per heavy atom. The Hall–Kier alpha value is -2.83. The van der Waals surface area contributed by atoms with Crippen LogP contribution in [-0.4, -0.2) is 29.6 Å². The molecule has 0 radical (unpaired) electrons. The molecule has 1 aliphatic rings. The van der Waals surface area contributed by atoms with Crippen LogP contribution >= 0.6 is 0 Å². The van der Waals surface area contributed by atoms with Gasteiger partial charge in [0.1, 0.15) is 17.4 Å². The molecular weight excluding hydrogens is 374 g/mol. The SMILES string of the molecule is Cc1c(OCC(=O)NC(CC(C)C)C(=O)O)ccc2c3c(c(=O)oc12)CCCC3. The van der Waals surface area contributed by atoms with Crippen molar-refractivity contribution in [2.24, 2.45) is 5.92 Å². The molecule has 1 aliphatic carbocycles. The first-order chi connectivity index (χ1) is 13.8. The Bertz CT molecular complexity index is 991. The highest BCUT2D eigenvalue weighted by molar-refractivity contribution is 5.87. The summed E-state index contributed by atoms with van der Waals surface area (Å²) in [7, 11) is 0. The number of aliphatic carboxylic acids is 1. The van der Waals surface area contributed by atoms with Crippen LogP contribution in [0.1, 0.15) is 49.8 Å². The lowest BCUT2D eigenvalue weighted by Crippen LogP contribution is -2.43. The normalized spacial score (nSPS) is 14.5. The minimum atomic E-state index is -1.07. The fourth-order valence-electron chi connectivity index (χ4n) is 3.85. The minimum absolute atomic E-state index is 0.133. The van der Waals surface area contributed by atoms with Gasteiger partial charge in [0.05, 0.1) is 0 Å². The highest BCUT2D eigenvalue weighted by Gasteiger charge is 2.22. The van der Waals surface area contributed by atoms with Gasteiger partial charge in [-0.2, -0.15) is 0 Å². The van der Waals surface area contributed by atoms with Crippen molar-refractivity contribution in [1.82, 2.24) is 5.32 Å². The van der Waals surface area contributed by atoms with E-state index in [0.717, 1.165) is 42.2 Å². The molecule has 7 heteroatoms. The van der Waals surface area contributed by atoms with E-state index in [-0.39, 0.29) is 18.2 Å². The molecule has 1 aromatic heterocycles. The van der Waals surface area contributed by atoms with Crippen LogP contribution < -0.4 is 15.7 Å². The van der Waals surface area contributed by atoms with Gasteiger partial charge in [-0.1, -0.05) is 13.8 Å². The topological polar surface area (TPSA) is 106 Å². The molecule has 2 N–H and O–H groups in total. The number of ether oxygens (including phenoxy) is 1. The molecule has 29 heavy (non-hydrogen) atoms. The molecule has 0 fully saturated rings. The highest BCUT2D eigenvalue weighted by Crippen LogP contribution is 2.32. The largest absolute Gasteiger partial charge is 0.483 e. The lowest BCUT2D eigenvalue weighted by atomic mass is 9.90. The summed E-state index contributed by atoms with van der Waals surface area (Å²) in [4.78, 5) is 35.8. The molecule has 0 bridgehead atoms. The fourth-order valence-corrected chi connectivity index (χ4v) is 3.85. The van der Waals surface area contributed by atoms with Gasteiger partial charge in [-0.05, 0) is 62.6 Å². The maximum absolute atomic E-state index is 12.4. The highest BCUT2D eigenvalue weighted by atomic mass is 16.5. The molecule has 1 aromatic carbocycles. The second-order valence-corrected chi connectivity index (χ2v) is 8.00. The van der Waals surface area contributed by atoms with Crippen LogP contribution in [-0.2, 0) is 22.4 Å². The van der Waals surface area contributed by atoms with E-state index in [4.69, 9.17) is 9.15 Å². The number of hydrogen-bond donors (Lipinski definition) is 2. The smallest absolute Gasteiger partial charge is 0.339 e. The molecule has 7 nitrogen and oxygen atoms in total. The minimum Gasteiger partial charge on any atom is -0.483 e. The fraction of sp³-hybridized carbons (Fsp3) is 0.500. The molecule has 2 aromatic rings. The molecule has 1 atom stereocenters. The summed E-state index contributed by atoms with van der Waals surface area (Å²) in [6, 6.07) is 2.68. The summed E-state index contributed by atoms with van der Waals surface area (Å²) < 4.78 is 11.2. The van der Waals surface area contributed by atoms with Crippen molar-refractivity contribution in [2.75, 3.05) is 6.61 Å². The monoisotopic (exact) mass is 401 g/mol. The first-order valence-electron chi connectivity index (χ1n) is 10.0. The second kappa shape index (κ2) is 8.68. The molecular formula is C22H27NO6. The number of benzene rings is 1. The zero-order valence-corrected chi connectivity index (χ0v) is 17.0. The van der Waals surface area contributed by atoms with Gasteiger partial charge < -0.3 is 19.6 Å². The van der Waals surface area contributed by atoms with Crippen LogP contribution in [0.5, 0.6) is 5.75 Å². The van der Waals surface area contributed by atoms with Crippen LogP contribution in [0.15, 0.2) is 21.3 Å². The van der Waals surface area contributed by atoms with Crippen molar-refractivity contribution in [2.45, 2.75) is 58.9 Å². The molecule has 1 amide bonds. The zero-order chi connectivity index (χ0) is 21.1. The van der Waals surface area contributed by atoms with E-state index >= 15 is 0 Å². The second-order valence-electron chi connectivity index (χ2n) is 8.00. The van der Waals surface area contributed by atoms with Crippen molar-refractivity contribution in [3.63, 3.8) is 0 Å². The molecule has 1 unspecified atom stereocenters. The standard InChI is InChI=1S/C22H27NO6/c1-12(2)10-17(21(25)26)23-19(24)11-28-18-9-8-15-14-6-4-5-7-16(14)22(27)29-20(15)13(18)3/h8-9,12,17H,4-7,10-11H2,1-3H3,(H,23,24)(H,25,26). The Balaban J connectivity index is 1.77. The van der Waals surface area contributed by atoms with Crippen LogP contribution in [0.4, 0.5) is 0 Å². The van der Waals surface area contributed by atoms with Crippen molar-refractivity contribution in [1.29, 1.82) is 0 Å². The van der Waals surface area contributed by atoms with Gasteiger partial charge in [-0.25, -0.2) is 9.59 Å². The first-order valence-corrected chi connectivity index (χ1v) is 10.0. The summed E-state index contributed by atoms with van der Waals surface area (Å²) in [6.07, 6.45) is 3.97. The molecule has 156 valence electrons. The molecule has 0 aliphatic heterocycles. The quantitative estimate of drug-likeness (QED) is 0.691. The number of rotatable bonds is 7. The third kappa shape index (κ3) is 4.60. The average molecular weight is 401 g/mol. The summed E-state index contributed by atoms with van der Waals surface area (Å²) >= 11 is 0. The van der Waals surface area contributed by atoms with Gasteiger partial charge >= 0.3 is 11.6 Å². The van der Waals surface area contributed by atoms with Gasteiger partial charge in [-0.3, -0.25) is 4.79 Å². The van der Waals surface area contributed by atoms with E-state index in [0.29, 0.717) is 23.3 Å². The van der Waals surface area contributed by atoms with E-state index in [1.54, 1.807) is 13.0 Å². The Morgan fingerprint density at radius 2 is 1.90 bits per heavy atom. The molecule has 0 saturated heterocycles. The molecule has 1 heterocycles. The van der Waals surface area contributed by atoms with Crippen LogP contribution in [0.3, 0.4) is 0 Å². The number of carbonyl (C=O) groups excluding carboxylic acids is 1. The molecule has 0 spiro atoms. The number of fused-ring (bicyclic) bond motifs is 3. The van der Waals surface area contributed by atoms with Crippen LogP contribution in [0.2, 0.25) is 0 Å².